The van der Waals surface area contributed by atoms with E-state index in [9.17, 15) is 10.1 Å². The lowest BCUT2D eigenvalue weighted by molar-refractivity contribution is -0.384. The number of nitrogens with zero attached hydrogens (tertiary/aromatic N) is 3. The molecule has 0 aliphatic rings. The second kappa shape index (κ2) is 4.87. The molecular formula is C12H14N4O2. The molecule has 0 aliphatic carbocycles. The van der Waals surface area contributed by atoms with E-state index in [1.54, 1.807) is 16.8 Å². The standard InChI is InChI=1S/C12H14N4O2/c1-9-7-11(16(17)18)3-4-12(9)13-8-10-5-6-15(2)14-10/h3-7,13H,8H2,1-2H3. The number of nitro groups is 1. The Labute approximate surface area is 104 Å². The van der Waals surface area contributed by atoms with Crippen molar-refractivity contribution >= 4 is 11.4 Å². The van der Waals surface area contributed by atoms with Crippen LogP contribution in [0.3, 0.4) is 0 Å². The first-order valence-corrected chi connectivity index (χ1v) is 5.53. The Hall–Kier alpha value is -2.37. The predicted octanol–water partition coefficient (Wildman–Crippen LogP) is 2.25. The molecule has 0 aliphatic heterocycles. The van der Waals surface area contributed by atoms with Crippen molar-refractivity contribution in [3.8, 4) is 0 Å². The van der Waals surface area contributed by atoms with Crippen LogP contribution in [0.15, 0.2) is 30.5 Å². The third-order valence-electron chi connectivity index (χ3n) is 2.65. The predicted molar refractivity (Wildman–Crippen MR) is 68.4 cm³/mol. The summed E-state index contributed by atoms with van der Waals surface area (Å²) in [6.45, 7) is 2.44. The lowest BCUT2D eigenvalue weighted by Crippen LogP contribution is -2.03. The maximum atomic E-state index is 10.6. The van der Waals surface area contributed by atoms with Crippen molar-refractivity contribution in [2.24, 2.45) is 7.05 Å². The molecule has 0 fully saturated rings. The van der Waals surface area contributed by atoms with E-state index in [1.165, 1.54) is 6.07 Å². The van der Waals surface area contributed by atoms with Crippen LogP contribution in [0.5, 0.6) is 0 Å². The average Bonchev–Trinajstić information content (AvgIpc) is 2.73. The molecule has 1 aromatic heterocycles. The van der Waals surface area contributed by atoms with Gasteiger partial charge < -0.3 is 5.32 Å². The van der Waals surface area contributed by atoms with Crippen LogP contribution < -0.4 is 5.32 Å². The molecule has 1 heterocycles. The van der Waals surface area contributed by atoms with E-state index in [0.29, 0.717) is 6.54 Å². The molecule has 0 atom stereocenters. The van der Waals surface area contributed by atoms with Crippen molar-refractivity contribution in [1.82, 2.24) is 9.78 Å². The van der Waals surface area contributed by atoms with E-state index >= 15 is 0 Å². The summed E-state index contributed by atoms with van der Waals surface area (Å²) in [4.78, 5) is 10.2. The fourth-order valence-electron chi connectivity index (χ4n) is 1.70. The van der Waals surface area contributed by atoms with E-state index in [-0.39, 0.29) is 5.69 Å². The minimum Gasteiger partial charge on any atom is -0.379 e. The van der Waals surface area contributed by atoms with E-state index in [4.69, 9.17) is 0 Å². The van der Waals surface area contributed by atoms with E-state index in [1.807, 2.05) is 26.2 Å². The SMILES string of the molecule is Cc1cc([N+](=O)[O-])ccc1NCc1ccn(C)n1. The van der Waals surface area contributed by atoms with Crippen molar-refractivity contribution < 1.29 is 4.92 Å². The monoisotopic (exact) mass is 246 g/mol. The Balaban J connectivity index is 2.08. The molecule has 2 aromatic rings. The maximum absolute atomic E-state index is 10.6. The van der Waals surface area contributed by atoms with Gasteiger partial charge in [-0.05, 0) is 24.6 Å². The minimum atomic E-state index is -0.393. The van der Waals surface area contributed by atoms with Gasteiger partial charge >= 0.3 is 0 Å². The molecule has 0 unspecified atom stereocenters. The van der Waals surface area contributed by atoms with Gasteiger partial charge in [-0.2, -0.15) is 5.10 Å². The first-order valence-electron chi connectivity index (χ1n) is 5.53. The largest absolute Gasteiger partial charge is 0.379 e. The lowest BCUT2D eigenvalue weighted by Gasteiger charge is -2.07. The minimum absolute atomic E-state index is 0.107. The third kappa shape index (κ3) is 2.65. The highest BCUT2D eigenvalue weighted by Crippen LogP contribution is 2.21. The fraction of sp³-hybridized carbons (Fsp3) is 0.250. The van der Waals surface area contributed by atoms with Gasteiger partial charge in [-0.25, -0.2) is 0 Å². The van der Waals surface area contributed by atoms with Crippen LogP contribution in [0, 0.1) is 17.0 Å². The van der Waals surface area contributed by atoms with Gasteiger partial charge in [-0.1, -0.05) is 0 Å². The van der Waals surface area contributed by atoms with Crippen LogP contribution in [0.1, 0.15) is 11.3 Å². The summed E-state index contributed by atoms with van der Waals surface area (Å²) in [5.41, 5.74) is 2.76. The lowest BCUT2D eigenvalue weighted by atomic mass is 10.2. The highest BCUT2D eigenvalue weighted by atomic mass is 16.6. The molecule has 0 saturated heterocycles. The molecule has 0 spiro atoms. The van der Waals surface area contributed by atoms with Crippen LogP contribution in [0.25, 0.3) is 0 Å². The molecule has 6 heteroatoms. The van der Waals surface area contributed by atoms with Gasteiger partial charge in [0.2, 0.25) is 0 Å². The van der Waals surface area contributed by atoms with Gasteiger partial charge in [0.05, 0.1) is 17.2 Å². The average molecular weight is 246 g/mol. The first kappa shape index (κ1) is 12.1. The van der Waals surface area contributed by atoms with Crippen LogP contribution in [-0.4, -0.2) is 14.7 Å². The number of benzene rings is 1. The number of non-ortho nitro benzene ring substituents is 1. The van der Waals surface area contributed by atoms with Gasteiger partial charge in [0.25, 0.3) is 5.69 Å². The topological polar surface area (TPSA) is 73.0 Å². The van der Waals surface area contributed by atoms with Crippen molar-refractivity contribution in [1.29, 1.82) is 0 Å². The van der Waals surface area contributed by atoms with E-state index < -0.39 is 4.92 Å². The van der Waals surface area contributed by atoms with Gasteiger partial charge in [0.1, 0.15) is 0 Å². The van der Waals surface area contributed by atoms with Gasteiger partial charge in [0.15, 0.2) is 0 Å². The molecule has 18 heavy (non-hydrogen) atoms. The molecule has 0 radical (unpaired) electrons. The summed E-state index contributed by atoms with van der Waals surface area (Å²) in [5, 5.41) is 18.1. The van der Waals surface area contributed by atoms with Crippen molar-refractivity contribution in [3.63, 3.8) is 0 Å². The highest BCUT2D eigenvalue weighted by Gasteiger charge is 2.07. The zero-order chi connectivity index (χ0) is 13.1. The van der Waals surface area contributed by atoms with Crippen LogP contribution in [-0.2, 0) is 13.6 Å². The van der Waals surface area contributed by atoms with E-state index in [2.05, 4.69) is 10.4 Å². The number of aryl methyl sites for hydroxylation is 2. The molecule has 6 nitrogen and oxygen atoms in total. The zero-order valence-corrected chi connectivity index (χ0v) is 10.3. The molecular weight excluding hydrogens is 232 g/mol. The molecule has 1 aromatic carbocycles. The van der Waals surface area contributed by atoms with Crippen molar-refractivity contribution in [3.05, 3.63) is 51.8 Å². The molecule has 0 saturated carbocycles. The summed E-state index contributed by atoms with van der Waals surface area (Å²) in [7, 11) is 1.86. The molecule has 0 amide bonds. The molecule has 0 bridgehead atoms. The Morgan fingerprint density at radius 1 is 1.44 bits per heavy atom. The summed E-state index contributed by atoms with van der Waals surface area (Å²) >= 11 is 0. The Kier molecular flexibility index (Phi) is 3.27. The summed E-state index contributed by atoms with van der Waals surface area (Å²) in [6, 6.07) is 6.69. The zero-order valence-electron chi connectivity index (χ0n) is 10.3. The smallest absolute Gasteiger partial charge is 0.269 e. The Bertz CT molecular complexity index is 577. The molecule has 1 N–H and O–H groups in total. The number of hydrogen-bond donors (Lipinski definition) is 1. The normalized spacial score (nSPS) is 10.3. The second-order valence-corrected chi connectivity index (χ2v) is 4.09. The maximum Gasteiger partial charge on any atom is 0.269 e. The van der Waals surface area contributed by atoms with Crippen molar-refractivity contribution in [2.75, 3.05) is 5.32 Å². The van der Waals surface area contributed by atoms with E-state index in [0.717, 1.165) is 16.9 Å². The first-order chi connectivity index (χ1) is 8.56. The van der Waals surface area contributed by atoms with Crippen molar-refractivity contribution in [2.45, 2.75) is 13.5 Å². The van der Waals surface area contributed by atoms with Crippen LogP contribution in [0.4, 0.5) is 11.4 Å². The van der Waals surface area contributed by atoms with Gasteiger partial charge in [-0.3, -0.25) is 14.8 Å². The summed E-state index contributed by atoms with van der Waals surface area (Å²) in [5.74, 6) is 0. The third-order valence-corrected chi connectivity index (χ3v) is 2.65. The number of anilines is 1. The number of rotatable bonds is 4. The fourth-order valence-corrected chi connectivity index (χ4v) is 1.70. The van der Waals surface area contributed by atoms with Crippen LogP contribution >= 0.6 is 0 Å². The molecule has 2 rings (SSSR count). The highest BCUT2D eigenvalue weighted by molar-refractivity contribution is 5.55. The number of aromatic nitrogens is 2. The Morgan fingerprint density at radius 2 is 2.22 bits per heavy atom. The van der Waals surface area contributed by atoms with Gasteiger partial charge in [-0.15, -0.1) is 0 Å². The summed E-state index contributed by atoms with van der Waals surface area (Å²) in [6.07, 6.45) is 1.87. The quantitative estimate of drug-likeness (QED) is 0.663. The number of hydrogen-bond acceptors (Lipinski definition) is 4. The molecule has 94 valence electrons. The Morgan fingerprint density at radius 3 is 2.78 bits per heavy atom. The summed E-state index contributed by atoms with van der Waals surface area (Å²) < 4.78 is 1.74. The number of nitro benzene ring substituents is 1. The van der Waals surface area contributed by atoms with Crippen LogP contribution in [0.2, 0.25) is 0 Å². The number of nitrogens with one attached hydrogen (secondary N) is 1. The second-order valence-electron chi connectivity index (χ2n) is 4.09. The van der Waals surface area contributed by atoms with Gasteiger partial charge in [0, 0.05) is 31.1 Å².